The lowest BCUT2D eigenvalue weighted by Gasteiger charge is -2.18. The van der Waals surface area contributed by atoms with E-state index in [0.717, 1.165) is 0 Å². The fourth-order valence-electron chi connectivity index (χ4n) is 2.11. The fraction of sp³-hybridized carbons (Fsp3) is 0. The molecule has 0 aliphatic rings. The zero-order valence-electron chi connectivity index (χ0n) is 16.2. The predicted octanol–water partition coefficient (Wildman–Crippen LogP) is 4.68. The summed E-state index contributed by atoms with van der Waals surface area (Å²) in [5.74, 6) is 0.632. The second-order valence-electron chi connectivity index (χ2n) is 5.98. The number of aldehydes is 3. The Hall–Kier alpha value is -3.40. The van der Waals surface area contributed by atoms with Gasteiger partial charge < -0.3 is 14.7 Å². The zero-order chi connectivity index (χ0) is 22.8. The molecule has 3 rings (SSSR count). The summed E-state index contributed by atoms with van der Waals surface area (Å²) < 4.78 is 15.5. The van der Waals surface area contributed by atoms with Crippen molar-refractivity contribution in [1.29, 1.82) is 0 Å². The molecule has 11 heteroatoms. The Kier molecular flexibility index (Phi) is 8.20. The molecular weight excluding hydrogens is 459 g/mol. The molecule has 0 saturated carbocycles. The van der Waals surface area contributed by atoms with E-state index in [-0.39, 0.29) is 17.2 Å². The van der Waals surface area contributed by atoms with Crippen LogP contribution in [0.25, 0.3) is 0 Å². The molecule has 9 nitrogen and oxygen atoms in total. The maximum atomic E-state index is 10.8. The third-order valence-corrected chi connectivity index (χ3v) is 5.04. The van der Waals surface area contributed by atoms with E-state index >= 15 is 0 Å². The molecule has 164 valence electrons. The lowest BCUT2D eigenvalue weighted by atomic mass is 10.2. The molecular formula is C21H15O9PS. The molecule has 0 radical (unpaired) electrons. The number of carbonyl (C=O) groups excluding carboxylic acids is 3. The van der Waals surface area contributed by atoms with Gasteiger partial charge in [-0.05, 0) is 72.8 Å². The highest BCUT2D eigenvalue weighted by Gasteiger charge is 2.29. The van der Waals surface area contributed by atoms with Gasteiger partial charge in [0.15, 0.2) is 17.2 Å². The van der Waals surface area contributed by atoms with Gasteiger partial charge in [0, 0.05) is 28.5 Å². The van der Waals surface area contributed by atoms with Crippen LogP contribution in [0.3, 0.4) is 0 Å². The van der Waals surface area contributed by atoms with Gasteiger partial charge >= 0.3 is 6.72 Å². The monoisotopic (exact) mass is 474 g/mol. The molecule has 3 aromatic rings. The molecule has 0 fully saturated rings. The van der Waals surface area contributed by atoms with Crippen molar-refractivity contribution >= 4 is 37.4 Å². The Bertz CT molecular complexity index is 958. The lowest BCUT2D eigenvalue weighted by molar-refractivity contribution is -0.221. The summed E-state index contributed by atoms with van der Waals surface area (Å²) in [6.45, 7) is -3.81. The Morgan fingerprint density at radius 2 is 0.750 bits per heavy atom. The van der Waals surface area contributed by atoms with E-state index in [1.54, 1.807) is 0 Å². The van der Waals surface area contributed by atoms with Crippen LogP contribution in [0.15, 0.2) is 72.8 Å². The molecule has 0 amide bonds. The predicted molar refractivity (Wildman–Crippen MR) is 115 cm³/mol. The van der Waals surface area contributed by atoms with Crippen LogP contribution in [0.4, 0.5) is 0 Å². The third kappa shape index (κ3) is 6.81. The van der Waals surface area contributed by atoms with Gasteiger partial charge in [0.1, 0.15) is 18.9 Å². The average molecular weight is 474 g/mol. The normalized spacial score (nSPS) is 10.8. The summed E-state index contributed by atoms with van der Waals surface area (Å²) in [5, 5.41) is 0. The van der Waals surface area contributed by atoms with E-state index in [2.05, 4.69) is 0 Å². The first kappa shape index (κ1) is 23.3. The summed E-state index contributed by atoms with van der Waals surface area (Å²) in [4.78, 5) is 47.7. The van der Waals surface area contributed by atoms with Crippen molar-refractivity contribution in [2.75, 3.05) is 0 Å². The minimum atomic E-state index is -3.81. The summed E-state index contributed by atoms with van der Waals surface area (Å²) in [7, 11) is 0. The highest BCUT2D eigenvalue weighted by atomic mass is 32.5. The van der Waals surface area contributed by atoms with Gasteiger partial charge in [0.05, 0.1) is 0 Å². The molecule has 0 heterocycles. The second-order valence-corrected chi connectivity index (χ2v) is 8.66. The highest BCUT2D eigenvalue weighted by Crippen LogP contribution is 2.50. The topological polar surface area (TPSA) is 107 Å². The van der Waals surface area contributed by atoms with Gasteiger partial charge in [-0.25, -0.2) is 0 Å². The molecule has 0 unspecified atom stereocenters. The minimum absolute atomic E-state index is 0.211. The van der Waals surface area contributed by atoms with Crippen LogP contribution in [0.1, 0.15) is 31.1 Å². The van der Waals surface area contributed by atoms with E-state index in [9.17, 15) is 14.4 Å². The highest BCUT2D eigenvalue weighted by molar-refractivity contribution is 8.07. The largest absolute Gasteiger partial charge is 0.440 e. The molecule has 0 spiro atoms. The Morgan fingerprint density at radius 3 is 0.969 bits per heavy atom. The first-order chi connectivity index (χ1) is 15.5. The van der Waals surface area contributed by atoms with E-state index in [1.165, 1.54) is 72.8 Å². The first-order valence-electron chi connectivity index (χ1n) is 8.88. The molecule has 0 bridgehead atoms. The van der Waals surface area contributed by atoms with E-state index in [0.29, 0.717) is 35.5 Å². The maximum absolute atomic E-state index is 10.8. The smallest absolute Gasteiger partial charge is 0.329 e. The van der Waals surface area contributed by atoms with Gasteiger partial charge in [0.25, 0.3) is 0 Å². The van der Waals surface area contributed by atoms with Crippen molar-refractivity contribution in [3.8, 4) is 17.2 Å². The molecule has 32 heavy (non-hydrogen) atoms. The van der Waals surface area contributed by atoms with Crippen LogP contribution in [0.2, 0.25) is 0 Å². The molecule has 0 aliphatic heterocycles. The minimum Gasteiger partial charge on any atom is -0.329 e. The van der Waals surface area contributed by atoms with Crippen LogP contribution in [0, 0.1) is 0 Å². The van der Waals surface area contributed by atoms with Crippen LogP contribution in [-0.2, 0) is 25.8 Å². The summed E-state index contributed by atoms with van der Waals surface area (Å²) in [6.07, 6.45) is 2.03. The van der Waals surface area contributed by atoms with E-state index in [4.69, 9.17) is 40.5 Å². The fourth-order valence-corrected chi connectivity index (χ4v) is 2.99. The van der Waals surface area contributed by atoms with Crippen LogP contribution in [-0.4, -0.2) is 18.9 Å². The molecule has 0 N–H and O–H groups in total. The number of hydrogen-bond donors (Lipinski definition) is 0. The number of carbonyl (C=O) groups is 3. The van der Waals surface area contributed by atoms with Gasteiger partial charge in [-0.1, -0.05) is 14.0 Å². The SMILES string of the molecule is O=Cc1ccc(OOP(=S)(OOc2ccc(C=O)cc2)OOc2ccc(C=O)cc2)cc1. The maximum Gasteiger partial charge on any atom is 0.440 e. The lowest BCUT2D eigenvalue weighted by Crippen LogP contribution is -2.07. The molecule has 3 aromatic carbocycles. The summed E-state index contributed by atoms with van der Waals surface area (Å²) in [5.41, 5.74) is 1.32. The van der Waals surface area contributed by atoms with Crippen molar-refractivity contribution < 1.29 is 43.1 Å². The van der Waals surface area contributed by atoms with Crippen molar-refractivity contribution in [1.82, 2.24) is 0 Å². The quantitative estimate of drug-likeness (QED) is 0.159. The third-order valence-electron chi connectivity index (χ3n) is 3.72. The van der Waals surface area contributed by atoms with E-state index < -0.39 is 6.72 Å². The van der Waals surface area contributed by atoms with Gasteiger partial charge in [-0.15, -0.1) is 0 Å². The number of hydrogen-bond acceptors (Lipinski definition) is 10. The van der Waals surface area contributed by atoms with Gasteiger partial charge in [-0.3, -0.25) is 14.4 Å². The molecule has 0 aliphatic carbocycles. The van der Waals surface area contributed by atoms with Crippen molar-refractivity contribution in [3.63, 3.8) is 0 Å². The van der Waals surface area contributed by atoms with Crippen molar-refractivity contribution in [3.05, 3.63) is 89.5 Å². The average Bonchev–Trinajstić information content (AvgIpc) is 2.86. The van der Waals surface area contributed by atoms with Crippen molar-refractivity contribution in [2.45, 2.75) is 0 Å². The number of benzene rings is 3. The summed E-state index contributed by atoms with van der Waals surface area (Å²) in [6, 6.07) is 17.9. The zero-order valence-corrected chi connectivity index (χ0v) is 17.9. The molecule has 0 saturated heterocycles. The van der Waals surface area contributed by atoms with Gasteiger partial charge in [0.2, 0.25) is 0 Å². The Morgan fingerprint density at radius 1 is 0.500 bits per heavy atom. The standard InChI is InChI=1S/C21H15O9PS/c22-13-16-1-7-19(8-2-16)25-28-31(32,29-26-20-9-3-17(14-23)4-10-20)30-27-21-11-5-18(15-24)6-12-21/h1-15H. The van der Waals surface area contributed by atoms with Crippen LogP contribution < -0.4 is 14.7 Å². The first-order valence-corrected chi connectivity index (χ1v) is 11.4. The van der Waals surface area contributed by atoms with E-state index in [1.807, 2.05) is 0 Å². The van der Waals surface area contributed by atoms with Crippen LogP contribution >= 0.6 is 6.72 Å². The molecule has 0 atom stereocenters. The Labute approximate surface area is 187 Å². The van der Waals surface area contributed by atoms with Crippen molar-refractivity contribution in [2.24, 2.45) is 0 Å². The van der Waals surface area contributed by atoms with Crippen LogP contribution in [0.5, 0.6) is 17.2 Å². The summed E-state index contributed by atoms with van der Waals surface area (Å²) >= 11 is 5.25. The molecule has 0 aromatic heterocycles. The second kappa shape index (κ2) is 11.3. The number of rotatable bonds is 12. The Balaban J connectivity index is 1.69. The van der Waals surface area contributed by atoms with Gasteiger partial charge in [-0.2, -0.15) is 0 Å².